The van der Waals surface area contributed by atoms with Crippen LogP contribution in [0.5, 0.6) is 0 Å². The third kappa shape index (κ3) is 6.65. The van der Waals surface area contributed by atoms with Crippen molar-refractivity contribution in [2.45, 2.75) is 45.1 Å². The van der Waals surface area contributed by atoms with Crippen molar-refractivity contribution >= 4 is 11.9 Å². The van der Waals surface area contributed by atoms with Gasteiger partial charge in [-0.25, -0.2) is 9.38 Å². The Morgan fingerprint density at radius 2 is 1.92 bits per heavy atom. The smallest absolute Gasteiger partial charge is 0.243 e. The molecule has 0 aromatic heterocycles. The van der Waals surface area contributed by atoms with Crippen molar-refractivity contribution in [3.63, 3.8) is 0 Å². The molecular formula is C20H31FN4O. The first kappa shape index (κ1) is 20.2. The number of amides is 1. The van der Waals surface area contributed by atoms with Gasteiger partial charge in [-0.2, -0.15) is 0 Å². The zero-order valence-corrected chi connectivity index (χ0v) is 16.1. The summed E-state index contributed by atoms with van der Waals surface area (Å²) in [5, 5.41) is 6.82. The first-order valence-electron chi connectivity index (χ1n) is 9.45. The highest BCUT2D eigenvalue weighted by atomic mass is 19.1. The third-order valence-electron chi connectivity index (χ3n) is 4.92. The number of nitrogens with zero attached hydrogens (tertiary/aromatic N) is 2. The van der Waals surface area contributed by atoms with Gasteiger partial charge in [0.05, 0.1) is 0 Å². The molecule has 6 heteroatoms. The number of halogens is 1. The van der Waals surface area contributed by atoms with Gasteiger partial charge in [0.15, 0.2) is 5.96 Å². The standard InChI is InChI=1S/C20H31FN4O/c1-15-6-4-5-7-18(15)24-20(23-14-19(26)25(2)3)22-13-12-16-8-10-17(21)11-9-16/h8-11,15,18H,4-7,12-14H2,1-3H3,(H2,22,23,24). The lowest BCUT2D eigenvalue weighted by atomic mass is 9.86. The molecule has 0 aliphatic heterocycles. The Labute approximate surface area is 156 Å². The maximum absolute atomic E-state index is 13.0. The fraction of sp³-hybridized carbons (Fsp3) is 0.600. The van der Waals surface area contributed by atoms with Crippen molar-refractivity contribution in [1.29, 1.82) is 0 Å². The highest BCUT2D eigenvalue weighted by Gasteiger charge is 2.22. The Kier molecular flexibility index (Phi) is 7.88. The SMILES string of the molecule is CC1CCCCC1NC(=NCC(=O)N(C)C)NCCc1ccc(F)cc1. The second-order valence-corrected chi connectivity index (χ2v) is 7.27. The molecule has 2 rings (SSSR count). The Morgan fingerprint density at radius 1 is 1.23 bits per heavy atom. The Hall–Kier alpha value is -2.11. The minimum absolute atomic E-state index is 0.0265. The zero-order chi connectivity index (χ0) is 18.9. The molecule has 1 aliphatic carbocycles. The van der Waals surface area contributed by atoms with Crippen molar-refractivity contribution in [2.24, 2.45) is 10.9 Å². The highest BCUT2D eigenvalue weighted by Crippen LogP contribution is 2.23. The maximum atomic E-state index is 13.0. The van der Waals surface area contributed by atoms with Gasteiger partial charge in [0.1, 0.15) is 12.4 Å². The van der Waals surface area contributed by atoms with Gasteiger partial charge in [-0.15, -0.1) is 0 Å². The number of nitrogens with one attached hydrogen (secondary N) is 2. The number of carbonyl (C=O) groups is 1. The molecule has 2 N–H and O–H groups in total. The number of likely N-dealkylation sites (N-methyl/N-ethyl adjacent to an activating group) is 1. The summed E-state index contributed by atoms with van der Waals surface area (Å²) in [6.07, 6.45) is 5.62. The summed E-state index contributed by atoms with van der Waals surface area (Å²) in [4.78, 5) is 17.9. The Bertz CT molecular complexity index is 600. The molecule has 2 atom stereocenters. The minimum atomic E-state index is -0.223. The van der Waals surface area contributed by atoms with Gasteiger partial charge < -0.3 is 15.5 Å². The quantitative estimate of drug-likeness (QED) is 0.604. The summed E-state index contributed by atoms with van der Waals surface area (Å²) in [7, 11) is 3.46. The normalized spacial score (nSPS) is 20.5. The van der Waals surface area contributed by atoms with Crippen LogP contribution in [0.2, 0.25) is 0 Å². The van der Waals surface area contributed by atoms with Gasteiger partial charge in [-0.1, -0.05) is 31.9 Å². The number of hydrogen-bond acceptors (Lipinski definition) is 2. The molecule has 1 aromatic carbocycles. The Morgan fingerprint density at radius 3 is 2.58 bits per heavy atom. The van der Waals surface area contributed by atoms with Crippen molar-refractivity contribution < 1.29 is 9.18 Å². The largest absolute Gasteiger partial charge is 0.356 e. The minimum Gasteiger partial charge on any atom is -0.356 e. The van der Waals surface area contributed by atoms with Crippen LogP contribution in [0.15, 0.2) is 29.3 Å². The van der Waals surface area contributed by atoms with Crippen molar-refractivity contribution in [3.8, 4) is 0 Å². The highest BCUT2D eigenvalue weighted by molar-refractivity contribution is 5.85. The summed E-state index contributed by atoms with van der Waals surface area (Å²) in [6.45, 7) is 3.06. The van der Waals surface area contributed by atoms with Crippen LogP contribution in [0.3, 0.4) is 0 Å². The van der Waals surface area contributed by atoms with Crippen LogP contribution in [0, 0.1) is 11.7 Å². The first-order valence-corrected chi connectivity index (χ1v) is 9.45. The van der Waals surface area contributed by atoms with Crippen molar-refractivity contribution in [1.82, 2.24) is 15.5 Å². The van der Waals surface area contributed by atoms with E-state index >= 15 is 0 Å². The van der Waals surface area contributed by atoms with E-state index in [0.29, 0.717) is 24.5 Å². The second kappa shape index (κ2) is 10.1. The molecule has 1 aliphatic rings. The van der Waals surface area contributed by atoms with Gasteiger partial charge in [0.25, 0.3) is 0 Å². The van der Waals surface area contributed by atoms with Crippen LogP contribution in [0.1, 0.15) is 38.2 Å². The fourth-order valence-corrected chi connectivity index (χ4v) is 3.12. The lowest BCUT2D eigenvalue weighted by Crippen LogP contribution is -2.48. The average Bonchev–Trinajstić information content (AvgIpc) is 2.62. The van der Waals surface area contributed by atoms with E-state index in [1.54, 1.807) is 31.1 Å². The van der Waals surface area contributed by atoms with Crippen molar-refractivity contribution in [3.05, 3.63) is 35.6 Å². The fourth-order valence-electron chi connectivity index (χ4n) is 3.12. The van der Waals surface area contributed by atoms with Gasteiger partial charge >= 0.3 is 0 Å². The number of benzene rings is 1. The lowest BCUT2D eigenvalue weighted by molar-refractivity contribution is -0.127. The van der Waals surface area contributed by atoms with Gasteiger partial charge in [-0.3, -0.25) is 4.79 Å². The molecule has 0 heterocycles. The summed E-state index contributed by atoms with van der Waals surface area (Å²) >= 11 is 0. The molecule has 2 unspecified atom stereocenters. The summed E-state index contributed by atoms with van der Waals surface area (Å²) in [5.41, 5.74) is 1.06. The molecule has 0 saturated heterocycles. The average molecular weight is 362 g/mol. The van der Waals surface area contributed by atoms with E-state index < -0.39 is 0 Å². The van der Waals surface area contributed by atoms with Crippen LogP contribution in [-0.2, 0) is 11.2 Å². The first-order chi connectivity index (χ1) is 12.5. The van der Waals surface area contributed by atoms with Crippen molar-refractivity contribution in [2.75, 3.05) is 27.2 Å². The van der Waals surface area contributed by atoms with E-state index in [1.807, 2.05) is 0 Å². The molecule has 1 saturated carbocycles. The zero-order valence-electron chi connectivity index (χ0n) is 16.1. The van der Waals surface area contributed by atoms with E-state index in [4.69, 9.17) is 0 Å². The van der Waals surface area contributed by atoms with E-state index in [0.717, 1.165) is 18.4 Å². The molecule has 0 radical (unpaired) electrons. The van der Waals surface area contributed by atoms with E-state index in [-0.39, 0.29) is 18.3 Å². The van der Waals surface area contributed by atoms with Crippen LogP contribution in [0.25, 0.3) is 0 Å². The van der Waals surface area contributed by atoms with Gasteiger partial charge in [0.2, 0.25) is 5.91 Å². The lowest BCUT2D eigenvalue weighted by Gasteiger charge is -2.31. The molecule has 1 fully saturated rings. The monoisotopic (exact) mass is 362 g/mol. The molecule has 1 amide bonds. The van der Waals surface area contributed by atoms with E-state index in [1.165, 1.54) is 31.4 Å². The third-order valence-corrected chi connectivity index (χ3v) is 4.92. The predicted molar refractivity (Wildman–Crippen MR) is 104 cm³/mol. The van der Waals surface area contributed by atoms with Gasteiger partial charge in [-0.05, 0) is 42.9 Å². The summed E-state index contributed by atoms with van der Waals surface area (Å²) < 4.78 is 13.0. The number of guanidine groups is 1. The van der Waals surface area contributed by atoms with Crippen LogP contribution >= 0.6 is 0 Å². The van der Waals surface area contributed by atoms with Crippen LogP contribution in [0.4, 0.5) is 4.39 Å². The summed E-state index contributed by atoms with van der Waals surface area (Å²) in [6, 6.07) is 6.92. The molecular weight excluding hydrogens is 331 g/mol. The summed E-state index contributed by atoms with van der Waals surface area (Å²) in [5.74, 6) is 1.03. The maximum Gasteiger partial charge on any atom is 0.243 e. The number of aliphatic imine (C=N–C) groups is 1. The molecule has 0 spiro atoms. The molecule has 0 bridgehead atoms. The van der Waals surface area contributed by atoms with E-state index in [9.17, 15) is 9.18 Å². The molecule has 5 nitrogen and oxygen atoms in total. The number of rotatable bonds is 6. The van der Waals surface area contributed by atoms with Gasteiger partial charge in [0, 0.05) is 26.7 Å². The number of carbonyl (C=O) groups excluding carboxylic acids is 1. The molecule has 144 valence electrons. The second-order valence-electron chi connectivity index (χ2n) is 7.27. The molecule has 1 aromatic rings. The van der Waals surface area contributed by atoms with Crippen LogP contribution < -0.4 is 10.6 Å². The Balaban J connectivity index is 1.93. The topological polar surface area (TPSA) is 56.7 Å². The number of hydrogen-bond donors (Lipinski definition) is 2. The van der Waals surface area contributed by atoms with Crippen LogP contribution in [-0.4, -0.2) is 50.0 Å². The van der Waals surface area contributed by atoms with E-state index in [2.05, 4.69) is 22.5 Å². The molecule has 26 heavy (non-hydrogen) atoms. The predicted octanol–water partition coefficient (Wildman–Crippen LogP) is 2.57.